The molecule has 3 rings (SSSR count). The van der Waals surface area contributed by atoms with Crippen molar-refractivity contribution in [3.63, 3.8) is 0 Å². The summed E-state index contributed by atoms with van der Waals surface area (Å²) >= 11 is 0. The number of rotatable bonds is 6. The molecule has 126 valence electrons. The van der Waals surface area contributed by atoms with E-state index in [0.717, 1.165) is 17.7 Å². The van der Waals surface area contributed by atoms with Crippen LogP contribution < -0.4 is 10.6 Å². The molecule has 4 heteroatoms. The van der Waals surface area contributed by atoms with Gasteiger partial charge in [-0.05, 0) is 24.1 Å². The first-order chi connectivity index (χ1) is 11.7. The standard InChI is InChI=1S/C20H24N2O2/c23-19(22-15-20(24)11-12-21-14-20)13-18(16-7-3-1-4-8-16)17-9-5-2-6-10-17/h1-10,18,21,24H,11-15H2,(H,22,23). The van der Waals surface area contributed by atoms with E-state index in [1.165, 1.54) is 0 Å². The normalized spacial score (nSPS) is 20.2. The van der Waals surface area contributed by atoms with E-state index in [0.29, 0.717) is 25.9 Å². The van der Waals surface area contributed by atoms with Gasteiger partial charge in [-0.3, -0.25) is 4.79 Å². The van der Waals surface area contributed by atoms with Crippen LogP contribution in [-0.4, -0.2) is 36.2 Å². The van der Waals surface area contributed by atoms with Crippen molar-refractivity contribution in [2.45, 2.75) is 24.4 Å². The zero-order valence-corrected chi connectivity index (χ0v) is 13.7. The van der Waals surface area contributed by atoms with E-state index in [2.05, 4.69) is 34.9 Å². The lowest BCUT2D eigenvalue weighted by Gasteiger charge is -2.23. The van der Waals surface area contributed by atoms with Crippen LogP contribution in [0.25, 0.3) is 0 Å². The summed E-state index contributed by atoms with van der Waals surface area (Å²) in [5.74, 6) is -0.0169. The molecular formula is C20H24N2O2. The lowest BCUT2D eigenvalue weighted by molar-refractivity contribution is -0.122. The van der Waals surface area contributed by atoms with E-state index < -0.39 is 5.60 Å². The van der Waals surface area contributed by atoms with Crippen molar-refractivity contribution < 1.29 is 9.90 Å². The second kappa shape index (κ2) is 7.60. The minimum atomic E-state index is -0.815. The largest absolute Gasteiger partial charge is 0.387 e. The second-order valence-electron chi connectivity index (χ2n) is 6.51. The van der Waals surface area contributed by atoms with Crippen molar-refractivity contribution in [2.75, 3.05) is 19.6 Å². The first-order valence-electron chi connectivity index (χ1n) is 8.46. The number of β-amino-alcohol motifs (C(OH)–C–C–N with tert-alkyl or cyclic N) is 1. The minimum absolute atomic E-state index is 0.0174. The molecule has 3 N–H and O–H groups in total. The van der Waals surface area contributed by atoms with Crippen LogP contribution in [0.4, 0.5) is 0 Å². The third kappa shape index (κ3) is 4.22. The summed E-state index contributed by atoms with van der Waals surface area (Å²) in [6.45, 7) is 1.63. The molecule has 2 aromatic carbocycles. The molecule has 2 aromatic rings. The maximum absolute atomic E-state index is 12.5. The highest BCUT2D eigenvalue weighted by Gasteiger charge is 2.31. The molecule has 0 radical (unpaired) electrons. The van der Waals surface area contributed by atoms with Crippen LogP contribution >= 0.6 is 0 Å². The second-order valence-corrected chi connectivity index (χ2v) is 6.51. The van der Waals surface area contributed by atoms with Crippen LogP contribution in [-0.2, 0) is 4.79 Å². The summed E-state index contributed by atoms with van der Waals surface area (Å²) in [7, 11) is 0. The van der Waals surface area contributed by atoms with E-state index in [1.807, 2.05) is 36.4 Å². The van der Waals surface area contributed by atoms with E-state index in [9.17, 15) is 9.90 Å². The molecule has 1 saturated heterocycles. The third-order valence-corrected chi connectivity index (χ3v) is 4.63. The number of aliphatic hydroxyl groups is 1. The van der Waals surface area contributed by atoms with Gasteiger partial charge in [-0.2, -0.15) is 0 Å². The molecule has 0 bridgehead atoms. The van der Waals surface area contributed by atoms with Crippen LogP contribution in [0.1, 0.15) is 29.9 Å². The van der Waals surface area contributed by atoms with E-state index in [4.69, 9.17) is 0 Å². The quantitative estimate of drug-likeness (QED) is 0.762. The Morgan fingerprint density at radius 3 is 2.17 bits per heavy atom. The Bertz CT molecular complexity index is 612. The van der Waals surface area contributed by atoms with Crippen molar-refractivity contribution >= 4 is 5.91 Å². The molecule has 0 saturated carbocycles. The zero-order chi connectivity index (χ0) is 16.8. The summed E-state index contributed by atoms with van der Waals surface area (Å²) in [6.07, 6.45) is 1.05. The number of carbonyl (C=O) groups is 1. The van der Waals surface area contributed by atoms with Gasteiger partial charge in [-0.25, -0.2) is 0 Å². The molecule has 1 unspecified atom stereocenters. The Hall–Kier alpha value is -2.17. The van der Waals surface area contributed by atoms with Crippen molar-refractivity contribution in [3.8, 4) is 0 Å². The highest BCUT2D eigenvalue weighted by Crippen LogP contribution is 2.27. The monoisotopic (exact) mass is 324 g/mol. The molecule has 0 aromatic heterocycles. The van der Waals surface area contributed by atoms with Crippen molar-refractivity contribution in [1.82, 2.24) is 10.6 Å². The Balaban J connectivity index is 1.69. The van der Waals surface area contributed by atoms with Crippen LogP contribution in [0.2, 0.25) is 0 Å². The maximum Gasteiger partial charge on any atom is 0.221 e. The Kier molecular flexibility index (Phi) is 5.28. The highest BCUT2D eigenvalue weighted by molar-refractivity contribution is 5.77. The lowest BCUT2D eigenvalue weighted by atomic mass is 9.88. The van der Waals surface area contributed by atoms with E-state index >= 15 is 0 Å². The Morgan fingerprint density at radius 1 is 1.08 bits per heavy atom. The van der Waals surface area contributed by atoms with Crippen molar-refractivity contribution in [1.29, 1.82) is 0 Å². The average molecular weight is 324 g/mol. The lowest BCUT2D eigenvalue weighted by Crippen LogP contribution is -2.44. The van der Waals surface area contributed by atoms with Crippen molar-refractivity contribution in [3.05, 3.63) is 71.8 Å². The molecule has 1 atom stereocenters. The summed E-state index contributed by atoms with van der Waals surface area (Å²) < 4.78 is 0. The highest BCUT2D eigenvalue weighted by atomic mass is 16.3. The van der Waals surface area contributed by atoms with Gasteiger partial charge in [0.15, 0.2) is 0 Å². The number of amides is 1. The number of benzene rings is 2. The van der Waals surface area contributed by atoms with Crippen LogP contribution in [0.15, 0.2) is 60.7 Å². The smallest absolute Gasteiger partial charge is 0.221 e. The maximum atomic E-state index is 12.5. The van der Waals surface area contributed by atoms with Crippen molar-refractivity contribution in [2.24, 2.45) is 0 Å². The summed E-state index contributed by atoms with van der Waals surface area (Å²) in [5, 5.41) is 16.4. The fraction of sp³-hybridized carbons (Fsp3) is 0.350. The molecule has 4 nitrogen and oxygen atoms in total. The van der Waals surface area contributed by atoms with Crippen LogP contribution in [0, 0.1) is 0 Å². The molecule has 1 aliphatic heterocycles. The molecular weight excluding hydrogens is 300 g/mol. The van der Waals surface area contributed by atoms with Gasteiger partial charge < -0.3 is 15.7 Å². The van der Waals surface area contributed by atoms with Gasteiger partial charge in [0.1, 0.15) is 0 Å². The van der Waals surface area contributed by atoms with Crippen LogP contribution in [0.3, 0.4) is 0 Å². The average Bonchev–Trinajstić information content (AvgIpc) is 3.06. The molecule has 0 aliphatic carbocycles. The topological polar surface area (TPSA) is 61.4 Å². The zero-order valence-electron chi connectivity index (χ0n) is 13.7. The predicted octanol–water partition coefficient (Wildman–Crippen LogP) is 2.05. The summed E-state index contributed by atoms with van der Waals surface area (Å²) in [6, 6.07) is 20.2. The number of hydrogen-bond donors (Lipinski definition) is 3. The van der Waals surface area contributed by atoms with Gasteiger partial charge in [0.05, 0.1) is 5.60 Å². The van der Waals surface area contributed by atoms with E-state index in [-0.39, 0.29) is 11.8 Å². The van der Waals surface area contributed by atoms with Gasteiger partial charge in [-0.1, -0.05) is 60.7 Å². The van der Waals surface area contributed by atoms with Gasteiger partial charge >= 0.3 is 0 Å². The van der Waals surface area contributed by atoms with Gasteiger partial charge in [0.25, 0.3) is 0 Å². The van der Waals surface area contributed by atoms with Gasteiger partial charge in [0, 0.05) is 25.4 Å². The SMILES string of the molecule is O=C(CC(c1ccccc1)c1ccccc1)NCC1(O)CCNC1. The van der Waals surface area contributed by atoms with Gasteiger partial charge in [-0.15, -0.1) is 0 Å². The molecule has 1 aliphatic rings. The fourth-order valence-electron chi connectivity index (χ4n) is 3.20. The molecule has 1 fully saturated rings. The fourth-order valence-corrected chi connectivity index (χ4v) is 3.20. The number of nitrogens with one attached hydrogen (secondary N) is 2. The minimum Gasteiger partial charge on any atom is -0.387 e. The van der Waals surface area contributed by atoms with Crippen LogP contribution in [0.5, 0.6) is 0 Å². The molecule has 0 spiro atoms. The molecule has 1 heterocycles. The predicted molar refractivity (Wildman–Crippen MR) is 94.8 cm³/mol. The summed E-state index contributed by atoms with van der Waals surface area (Å²) in [5.41, 5.74) is 1.44. The number of carbonyl (C=O) groups excluding carboxylic acids is 1. The molecule has 1 amide bonds. The van der Waals surface area contributed by atoms with Gasteiger partial charge in [0.2, 0.25) is 5.91 Å². The molecule has 24 heavy (non-hydrogen) atoms. The third-order valence-electron chi connectivity index (χ3n) is 4.63. The van der Waals surface area contributed by atoms with E-state index in [1.54, 1.807) is 0 Å². The Labute approximate surface area is 142 Å². The Morgan fingerprint density at radius 2 is 1.67 bits per heavy atom. The first kappa shape index (κ1) is 16.7. The summed E-state index contributed by atoms with van der Waals surface area (Å²) in [4.78, 5) is 12.5. The first-order valence-corrected chi connectivity index (χ1v) is 8.46. The number of hydrogen-bond acceptors (Lipinski definition) is 3.